The molecule has 2 amide bonds. The number of carboxylic acids is 1. The number of ether oxygens (including phenoxy) is 1. The average Bonchev–Trinajstić information content (AvgIpc) is 2.46. The lowest BCUT2D eigenvalue weighted by molar-refractivity contribution is -0.157. The summed E-state index contributed by atoms with van der Waals surface area (Å²) >= 11 is 0. The first-order valence-corrected chi connectivity index (χ1v) is 7.03. The molecule has 1 unspecified atom stereocenters. The van der Waals surface area contributed by atoms with Gasteiger partial charge in [0.2, 0.25) is 0 Å². The summed E-state index contributed by atoms with van der Waals surface area (Å²) in [5.74, 6) is -0.894. The van der Waals surface area contributed by atoms with Crippen molar-refractivity contribution in [1.82, 2.24) is 14.7 Å². The van der Waals surface area contributed by atoms with E-state index in [0.717, 1.165) is 32.5 Å². The zero-order valence-corrected chi connectivity index (χ0v) is 12.1. The van der Waals surface area contributed by atoms with Crippen LogP contribution in [-0.2, 0) is 9.53 Å². The van der Waals surface area contributed by atoms with Gasteiger partial charge in [0.1, 0.15) is 0 Å². The minimum Gasteiger partial charge on any atom is -0.479 e. The third-order valence-electron chi connectivity index (χ3n) is 4.01. The first-order chi connectivity index (χ1) is 9.49. The Labute approximate surface area is 119 Å². The largest absolute Gasteiger partial charge is 0.479 e. The van der Waals surface area contributed by atoms with Gasteiger partial charge in [0.25, 0.3) is 0 Å². The Morgan fingerprint density at radius 2 is 1.85 bits per heavy atom. The van der Waals surface area contributed by atoms with Gasteiger partial charge in [-0.3, -0.25) is 4.90 Å². The molecule has 7 heteroatoms. The molecule has 0 aromatic carbocycles. The molecule has 1 atom stereocenters. The Hall–Kier alpha value is -1.34. The van der Waals surface area contributed by atoms with E-state index in [-0.39, 0.29) is 6.03 Å². The molecule has 0 radical (unpaired) electrons. The minimum absolute atomic E-state index is 0.0499. The molecule has 0 aromatic rings. The third-order valence-corrected chi connectivity index (χ3v) is 4.01. The Kier molecular flexibility index (Phi) is 4.82. The van der Waals surface area contributed by atoms with Crippen LogP contribution in [0, 0.1) is 0 Å². The highest BCUT2D eigenvalue weighted by atomic mass is 16.5. The van der Waals surface area contributed by atoms with Crippen LogP contribution in [0.25, 0.3) is 0 Å². The molecule has 2 saturated heterocycles. The van der Waals surface area contributed by atoms with Crippen molar-refractivity contribution >= 4 is 12.0 Å². The fourth-order valence-corrected chi connectivity index (χ4v) is 2.86. The Morgan fingerprint density at radius 1 is 1.20 bits per heavy atom. The molecule has 2 heterocycles. The summed E-state index contributed by atoms with van der Waals surface area (Å²) in [7, 11) is 3.52. The van der Waals surface area contributed by atoms with E-state index in [0.29, 0.717) is 19.2 Å². The lowest BCUT2D eigenvalue weighted by Crippen LogP contribution is -2.54. The fourth-order valence-electron chi connectivity index (χ4n) is 2.86. The highest BCUT2D eigenvalue weighted by Crippen LogP contribution is 2.20. The molecule has 2 rings (SSSR count). The molecule has 0 aromatic heterocycles. The number of aliphatic carboxylic acids is 1. The van der Waals surface area contributed by atoms with Gasteiger partial charge in [-0.05, 0) is 12.8 Å². The zero-order chi connectivity index (χ0) is 14.7. The number of urea groups is 1. The SMILES string of the molecule is CN(C)C(=O)N1CCC(N2CCOC(C(=O)O)C2)CC1. The van der Waals surface area contributed by atoms with Crippen molar-refractivity contribution in [3.63, 3.8) is 0 Å². The maximum Gasteiger partial charge on any atom is 0.334 e. The van der Waals surface area contributed by atoms with E-state index in [2.05, 4.69) is 4.90 Å². The quantitative estimate of drug-likeness (QED) is 0.768. The van der Waals surface area contributed by atoms with E-state index in [9.17, 15) is 9.59 Å². The second-order valence-corrected chi connectivity index (χ2v) is 5.59. The first-order valence-electron chi connectivity index (χ1n) is 7.03. The first kappa shape index (κ1) is 15.1. The summed E-state index contributed by atoms with van der Waals surface area (Å²) in [5, 5.41) is 9.02. The van der Waals surface area contributed by atoms with E-state index in [4.69, 9.17) is 9.84 Å². The summed E-state index contributed by atoms with van der Waals surface area (Å²) in [6, 6.07) is 0.404. The topological polar surface area (TPSA) is 73.3 Å². The summed E-state index contributed by atoms with van der Waals surface area (Å²) in [5.41, 5.74) is 0. The Balaban J connectivity index is 1.84. The fraction of sp³-hybridized carbons (Fsp3) is 0.846. The molecule has 7 nitrogen and oxygen atoms in total. The third kappa shape index (κ3) is 3.40. The minimum atomic E-state index is -0.894. The molecule has 114 valence electrons. The molecule has 2 fully saturated rings. The van der Waals surface area contributed by atoms with Crippen molar-refractivity contribution < 1.29 is 19.4 Å². The van der Waals surface area contributed by atoms with Crippen LogP contribution in [0.15, 0.2) is 0 Å². The van der Waals surface area contributed by atoms with Gasteiger partial charge in [-0.1, -0.05) is 0 Å². The van der Waals surface area contributed by atoms with E-state index < -0.39 is 12.1 Å². The van der Waals surface area contributed by atoms with Crippen LogP contribution in [0.3, 0.4) is 0 Å². The van der Waals surface area contributed by atoms with Crippen molar-refractivity contribution in [2.75, 3.05) is 46.9 Å². The highest BCUT2D eigenvalue weighted by Gasteiger charge is 2.33. The standard InChI is InChI=1S/C13H23N3O4/c1-14(2)13(19)15-5-3-10(4-6-15)16-7-8-20-11(9-16)12(17)18/h10-11H,3-9H2,1-2H3,(H,17,18). The number of morpholine rings is 1. The average molecular weight is 285 g/mol. The second kappa shape index (κ2) is 6.41. The predicted molar refractivity (Wildman–Crippen MR) is 72.6 cm³/mol. The number of likely N-dealkylation sites (tertiary alicyclic amines) is 1. The zero-order valence-electron chi connectivity index (χ0n) is 12.1. The molecule has 1 N–H and O–H groups in total. The van der Waals surface area contributed by atoms with E-state index in [1.54, 1.807) is 19.0 Å². The lowest BCUT2D eigenvalue weighted by atomic mass is 10.0. The maximum absolute atomic E-state index is 11.9. The molecule has 0 saturated carbocycles. The predicted octanol–water partition coefficient (Wildman–Crippen LogP) is -0.0822. The van der Waals surface area contributed by atoms with Crippen LogP contribution in [0.1, 0.15) is 12.8 Å². The van der Waals surface area contributed by atoms with Gasteiger partial charge >= 0.3 is 12.0 Å². The van der Waals surface area contributed by atoms with Gasteiger partial charge in [0, 0.05) is 46.3 Å². The number of hydrogen-bond donors (Lipinski definition) is 1. The van der Waals surface area contributed by atoms with E-state index >= 15 is 0 Å². The highest BCUT2D eigenvalue weighted by molar-refractivity contribution is 5.74. The number of piperidine rings is 1. The monoisotopic (exact) mass is 285 g/mol. The van der Waals surface area contributed by atoms with Crippen molar-refractivity contribution in [3.05, 3.63) is 0 Å². The van der Waals surface area contributed by atoms with Gasteiger partial charge < -0.3 is 19.6 Å². The van der Waals surface area contributed by atoms with Crippen LogP contribution in [0.4, 0.5) is 4.79 Å². The summed E-state index contributed by atoms with van der Waals surface area (Å²) in [6.45, 7) is 3.15. The summed E-state index contributed by atoms with van der Waals surface area (Å²) in [4.78, 5) is 28.5. The molecule has 0 aliphatic carbocycles. The van der Waals surface area contributed by atoms with Gasteiger partial charge in [0.15, 0.2) is 6.10 Å². The number of carboxylic acid groups (broad SMARTS) is 1. The molecule has 0 bridgehead atoms. The molecule has 0 spiro atoms. The number of carbonyl (C=O) groups excluding carboxylic acids is 1. The van der Waals surface area contributed by atoms with Crippen LogP contribution in [-0.4, -0.2) is 90.8 Å². The molecule has 2 aliphatic heterocycles. The van der Waals surface area contributed by atoms with Gasteiger partial charge in [-0.2, -0.15) is 0 Å². The van der Waals surface area contributed by atoms with Crippen molar-refractivity contribution in [2.24, 2.45) is 0 Å². The molecule has 2 aliphatic rings. The van der Waals surface area contributed by atoms with Crippen LogP contribution < -0.4 is 0 Å². The van der Waals surface area contributed by atoms with Crippen molar-refractivity contribution in [2.45, 2.75) is 25.0 Å². The van der Waals surface area contributed by atoms with Gasteiger partial charge in [-0.25, -0.2) is 9.59 Å². The number of hydrogen-bond acceptors (Lipinski definition) is 4. The molecule has 20 heavy (non-hydrogen) atoms. The van der Waals surface area contributed by atoms with Gasteiger partial charge in [0.05, 0.1) is 6.61 Å². The Bertz CT molecular complexity index is 367. The van der Waals surface area contributed by atoms with Crippen LogP contribution in [0.2, 0.25) is 0 Å². The second-order valence-electron chi connectivity index (χ2n) is 5.59. The summed E-state index contributed by atoms with van der Waals surface area (Å²) in [6.07, 6.45) is 1.07. The van der Waals surface area contributed by atoms with Gasteiger partial charge in [-0.15, -0.1) is 0 Å². The lowest BCUT2D eigenvalue weighted by Gasteiger charge is -2.41. The van der Waals surface area contributed by atoms with Crippen molar-refractivity contribution in [3.8, 4) is 0 Å². The number of carbonyl (C=O) groups is 2. The summed E-state index contributed by atoms with van der Waals surface area (Å²) < 4.78 is 5.24. The smallest absolute Gasteiger partial charge is 0.334 e. The van der Waals surface area contributed by atoms with Crippen LogP contribution >= 0.6 is 0 Å². The molecular formula is C13H23N3O4. The van der Waals surface area contributed by atoms with E-state index in [1.807, 2.05) is 4.90 Å². The van der Waals surface area contributed by atoms with E-state index in [1.165, 1.54) is 0 Å². The normalized spacial score (nSPS) is 25.5. The van der Waals surface area contributed by atoms with Crippen molar-refractivity contribution in [1.29, 1.82) is 0 Å². The number of nitrogens with zero attached hydrogens (tertiary/aromatic N) is 3. The molecular weight excluding hydrogens is 262 g/mol. The Morgan fingerprint density at radius 3 is 2.40 bits per heavy atom. The number of rotatable bonds is 2. The maximum atomic E-state index is 11.9. The number of amides is 2. The van der Waals surface area contributed by atoms with Crippen LogP contribution in [0.5, 0.6) is 0 Å².